The van der Waals surface area contributed by atoms with Crippen molar-refractivity contribution in [3.8, 4) is 0 Å². The molecule has 0 saturated heterocycles. The van der Waals surface area contributed by atoms with E-state index in [4.69, 9.17) is 20.4 Å². The van der Waals surface area contributed by atoms with Crippen LogP contribution in [0.3, 0.4) is 0 Å². The van der Waals surface area contributed by atoms with Crippen molar-refractivity contribution in [2.24, 2.45) is 0 Å². The van der Waals surface area contributed by atoms with Gasteiger partial charge in [0.2, 0.25) is 0 Å². The van der Waals surface area contributed by atoms with Gasteiger partial charge in [-0.2, -0.15) is 0 Å². The van der Waals surface area contributed by atoms with E-state index in [2.05, 4.69) is 0 Å². The quantitative estimate of drug-likeness (QED) is 0.374. The van der Waals surface area contributed by atoms with Gasteiger partial charge in [0, 0.05) is 0 Å². The molecule has 0 heterocycles. The molecule has 0 radical (unpaired) electrons. The Kier molecular flexibility index (Phi) is 17.0. The maximum atomic E-state index is 10.3. The van der Waals surface area contributed by atoms with E-state index >= 15 is 0 Å². The molecule has 0 unspecified atom stereocenters. The first-order valence-electron chi connectivity index (χ1n) is 3.17. The summed E-state index contributed by atoms with van der Waals surface area (Å²) in [5, 5.41) is 33.8. The summed E-state index contributed by atoms with van der Waals surface area (Å²) >= 11 is 0. The number of rotatable bonds is 5. The summed E-state index contributed by atoms with van der Waals surface area (Å²) in [6, 6.07) is 0. The first-order chi connectivity index (χ1) is 5.78. The van der Waals surface area contributed by atoms with Gasteiger partial charge in [-0.25, -0.2) is 4.79 Å². The van der Waals surface area contributed by atoms with Gasteiger partial charge in [0.05, 0.1) is 12.8 Å². The van der Waals surface area contributed by atoms with Gasteiger partial charge in [-0.15, -0.1) is 0 Å². The van der Waals surface area contributed by atoms with Gasteiger partial charge in [0.15, 0.2) is 5.60 Å². The summed E-state index contributed by atoms with van der Waals surface area (Å²) in [5.41, 5.74) is -2.74. The van der Waals surface area contributed by atoms with Gasteiger partial charge in [-0.3, -0.25) is 9.59 Å². The first kappa shape index (κ1) is 25.4. The summed E-state index contributed by atoms with van der Waals surface area (Å²) in [5.74, 6) is -5.02. The molecule has 0 aromatic heterocycles. The molecular formula is C6H12KLiO8. The number of carbonyl (C=O) groups is 3. The standard InChI is InChI=1S/C6H8O7.K.Li.H2O.2H/c7-3(8)1-6(13,5(11)12)2-4(9)10;;;;;/h13H,1-2H2,(H,7,8)(H,9,10)(H,11,12);;;1H2;;. The van der Waals surface area contributed by atoms with Gasteiger partial charge < -0.3 is 25.9 Å². The van der Waals surface area contributed by atoms with Crippen LogP contribution in [0.4, 0.5) is 0 Å². The summed E-state index contributed by atoms with van der Waals surface area (Å²) in [6.07, 6.45) is -2.29. The Balaban J connectivity index is -0.000000240. The van der Waals surface area contributed by atoms with Crippen LogP contribution in [-0.2, 0) is 14.4 Å². The van der Waals surface area contributed by atoms with Crippen molar-refractivity contribution in [3.63, 3.8) is 0 Å². The molecule has 10 heteroatoms. The van der Waals surface area contributed by atoms with E-state index in [-0.39, 0.29) is 75.7 Å². The van der Waals surface area contributed by atoms with Gasteiger partial charge in [0.25, 0.3) is 0 Å². The van der Waals surface area contributed by atoms with Crippen LogP contribution in [0.25, 0.3) is 0 Å². The predicted molar refractivity (Wildman–Crippen MR) is 55.0 cm³/mol. The van der Waals surface area contributed by atoms with E-state index in [1.165, 1.54) is 0 Å². The van der Waals surface area contributed by atoms with Crippen molar-refractivity contribution in [3.05, 3.63) is 0 Å². The number of carboxylic acid groups (broad SMARTS) is 3. The molecule has 0 bridgehead atoms. The van der Waals surface area contributed by atoms with Crippen molar-refractivity contribution in [1.29, 1.82) is 0 Å². The van der Waals surface area contributed by atoms with Crippen LogP contribution in [0.15, 0.2) is 0 Å². The van der Waals surface area contributed by atoms with Crippen LogP contribution < -0.4 is 0 Å². The molecule has 8 nitrogen and oxygen atoms in total. The van der Waals surface area contributed by atoms with Gasteiger partial charge in [-0.1, -0.05) is 0 Å². The normalized spacial score (nSPS) is 8.81. The maximum absolute atomic E-state index is 10.3. The van der Waals surface area contributed by atoms with E-state index in [0.717, 1.165) is 0 Å². The number of hydrogen-bond donors (Lipinski definition) is 4. The molecule has 0 aliphatic rings. The second-order valence-corrected chi connectivity index (χ2v) is 2.48. The Labute approximate surface area is 145 Å². The number of hydrogen-bond acceptors (Lipinski definition) is 4. The molecule has 6 N–H and O–H groups in total. The van der Waals surface area contributed by atoms with E-state index in [1.807, 2.05) is 0 Å². The number of carboxylic acids is 3. The zero-order valence-electron chi connectivity index (χ0n) is 6.93. The van der Waals surface area contributed by atoms with Crippen LogP contribution in [0.1, 0.15) is 12.8 Å². The second kappa shape index (κ2) is 10.7. The van der Waals surface area contributed by atoms with Crippen molar-refractivity contribution in [2.45, 2.75) is 18.4 Å². The van der Waals surface area contributed by atoms with Crippen LogP contribution in [-0.4, -0.2) is 120 Å². The predicted octanol–water partition coefficient (Wildman–Crippen LogP) is -3.37. The molecular weight excluding hydrogens is 246 g/mol. The van der Waals surface area contributed by atoms with E-state index in [0.29, 0.717) is 0 Å². The molecule has 0 aliphatic carbocycles. The third-order valence-corrected chi connectivity index (χ3v) is 1.29. The fourth-order valence-electron chi connectivity index (χ4n) is 0.714. The molecule has 0 aliphatic heterocycles. The summed E-state index contributed by atoms with van der Waals surface area (Å²) < 4.78 is 0. The topological polar surface area (TPSA) is 164 Å². The Bertz CT molecular complexity index is 239. The SMILES string of the molecule is O.O=C(O)CC(O)(CC(=O)O)C(=O)O.[KH].[LiH]. The Morgan fingerprint density at radius 3 is 1.31 bits per heavy atom. The Hall–Kier alpha value is 0.564. The van der Waals surface area contributed by atoms with Crippen LogP contribution in [0.5, 0.6) is 0 Å². The van der Waals surface area contributed by atoms with Gasteiger partial charge in [0.1, 0.15) is 0 Å². The van der Waals surface area contributed by atoms with Gasteiger partial charge in [-0.05, 0) is 0 Å². The van der Waals surface area contributed by atoms with Crippen LogP contribution >= 0.6 is 0 Å². The molecule has 0 aromatic carbocycles. The van der Waals surface area contributed by atoms with Crippen LogP contribution in [0, 0.1) is 0 Å². The first-order valence-corrected chi connectivity index (χ1v) is 3.17. The molecule has 0 rings (SSSR count). The average Bonchev–Trinajstić information content (AvgIpc) is 1.82. The number of aliphatic carboxylic acids is 3. The fraction of sp³-hybridized carbons (Fsp3) is 0.500. The molecule has 86 valence electrons. The number of aliphatic hydroxyl groups is 1. The molecule has 0 saturated carbocycles. The Morgan fingerprint density at radius 2 is 1.19 bits per heavy atom. The fourth-order valence-corrected chi connectivity index (χ4v) is 0.714. The summed E-state index contributed by atoms with van der Waals surface area (Å²) in [7, 11) is 0. The Morgan fingerprint density at radius 1 is 0.938 bits per heavy atom. The van der Waals surface area contributed by atoms with Crippen molar-refractivity contribution in [2.75, 3.05) is 0 Å². The minimum absolute atomic E-state index is 0. The zero-order valence-corrected chi connectivity index (χ0v) is 6.93. The third-order valence-electron chi connectivity index (χ3n) is 1.29. The zero-order chi connectivity index (χ0) is 10.6. The second-order valence-electron chi connectivity index (χ2n) is 2.48. The molecule has 0 spiro atoms. The van der Waals surface area contributed by atoms with Crippen molar-refractivity contribution < 1.29 is 40.3 Å². The molecule has 0 fully saturated rings. The van der Waals surface area contributed by atoms with Gasteiger partial charge >= 0.3 is 88.2 Å². The van der Waals surface area contributed by atoms with E-state index in [9.17, 15) is 14.4 Å². The summed E-state index contributed by atoms with van der Waals surface area (Å²) in [6.45, 7) is 0. The molecule has 0 aromatic rings. The molecule has 0 atom stereocenters. The summed E-state index contributed by atoms with van der Waals surface area (Å²) in [4.78, 5) is 30.5. The molecule has 0 amide bonds. The molecule has 16 heavy (non-hydrogen) atoms. The monoisotopic (exact) mass is 258 g/mol. The minimum atomic E-state index is -2.74. The van der Waals surface area contributed by atoms with Crippen molar-refractivity contribution in [1.82, 2.24) is 0 Å². The van der Waals surface area contributed by atoms with Crippen molar-refractivity contribution >= 4 is 88.2 Å². The third kappa shape index (κ3) is 9.77. The van der Waals surface area contributed by atoms with E-state index < -0.39 is 36.4 Å². The average molecular weight is 258 g/mol. The van der Waals surface area contributed by atoms with Crippen LogP contribution in [0.2, 0.25) is 0 Å². The van der Waals surface area contributed by atoms with E-state index in [1.54, 1.807) is 0 Å².